The molecular weight excluding hydrogens is 442 g/mol. The van der Waals surface area contributed by atoms with Gasteiger partial charge in [0.05, 0.1) is 25.1 Å². The van der Waals surface area contributed by atoms with Crippen LogP contribution in [0.1, 0.15) is 5.56 Å². The number of carbonyl (C=O) groups excluding carboxylic acids is 1. The van der Waals surface area contributed by atoms with Gasteiger partial charge in [0.15, 0.2) is 17.3 Å². The average molecular weight is 462 g/mol. The lowest BCUT2D eigenvalue weighted by Gasteiger charge is -2.15. The molecule has 0 aliphatic rings. The van der Waals surface area contributed by atoms with Gasteiger partial charge in [0.25, 0.3) is 11.5 Å². The second kappa shape index (κ2) is 9.58. The van der Waals surface area contributed by atoms with E-state index in [1.807, 2.05) is 6.07 Å². The third-order valence-corrected chi connectivity index (χ3v) is 5.30. The lowest BCUT2D eigenvalue weighted by atomic mass is 10.1. The maximum atomic E-state index is 13.3. The van der Waals surface area contributed by atoms with Gasteiger partial charge in [-0.05, 0) is 48.0 Å². The third kappa shape index (κ3) is 4.58. The molecule has 0 spiro atoms. The Morgan fingerprint density at radius 3 is 2.48 bits per heavy atom. The summed E-state index contributed by atoms with van der Waals surface area (Å²) in [4.78, 5) is 30.6. The van der Waals surface area contributed by atoms with Crippen LogP contribution in [0.3, 0.4) is 0 Å². The number of aromatic nitrogens is 2. The molecule has 0 radical (unpaired) electrons. The van der Waals surface area contributed by atoms with Gasteiger partial charge in [-0.2, -0.15) is 4.68 Å². The summed E-state index contributed by atoms with van der Waals surface area (Å²) < 4.78 is 11.8. The second-order valence-corrected chi connectivity index (χ2v) is 7.40. The number of methoxy groups -OCH3 is 2. The average Bonchev–Trinajstić information content (AvgIpc) is 2.84. The van der Waals surface area contributed by atoms with Gasteiger partial charge in [-0.15, -0.1) is 0 Å². The van der Waals surface area contributed by atoms with Crippen molar-refractivity contribution in [2.75, 3.05) is 19.6 Å². The number of amides is 1. The fourth-order valence-corrected chi connectivity index (χ4v) is 3.53. The molecule has 0 atom stereocenters. The minimum absolute atomic E-state index is 0.249. The summed E-state index contributed by atoms with van der Waals surface area (Å²) in [5.74, 6) is 0.728. The van der Waals surface area contributed by atoms with Crippen LogP contribution in [-0.4, -0.2) is 29.8 Å². The van der Waals surface area contributed by atoms with E-state index in [1.54, 1.807) is 66.7 Å². The van der Waals surface area contributed by atoms with Crippen molar-refractivity contribution in [2.45, 2.75) is 0 Å². The maximum absolute atomic E-state index is 13.3. The number of benzene rings is 3. The normalized spacial score (nSPS) is 11.0. The first-order valence-electron chi connectivity index (χ1n) is 9.99. The van der Waals surface area contributed by atoms with E-state index in [2.05, 4.69) is 10.4 Å². The Hall–Kier alpha value is -4.10. The molecule has 4 aromatic rings. The number of fused-ring (bicyclic) bond motifs is 1. The van der Waals surface area contributed by atoms with Crippen molar-refractivity contribution in [3.8, 4) is 22.9 Å². The highest BCUT2D eigenvalue weighted by atomic mass is 35.5. The van der Waals surface area contributed by atoms with Crippen LogP contribution in [0, 0.1) is 0 Å². The third-order valence-electron chi connectivity index (χ3n) is 4.96. The van der Waals surface area contributed by atoms with E-state index in [0.717, 1.165) is 4.68 Å². The van der Waals surface area contributed by atoms with Crippen LogP contribution >= 0.6 is 11.6 Å². The van der Waals surface area contributed by atoms with E-state index in [0.29, 0.717) is 38.6 Å². The molecule has 0 unspecified atom stereocenters. The van der Waals surface area contributed by atoms with Crippen molar-refractivity contribution in [2.24, 2.45) is 0 Å². The minimum Gasteiger partial charge on any atom is -0.493 e. The van der Waals surface area contributed by atoms with E-state index in [-0.39, 0.29) is 5.82 Å². The van der Waals surface area contributed by atoms with Crippen molar-refractivity contribution in [1.29, 1.82) is 0 Å². The van der Waals surface area contributed by atoms with Gasteiger partial charge in [0.2, 0.25) is 0 Å². The molecule has 0 fully saturated rings. The topological polar surface area (TPSA) is 82.5 Å². The molecule has 1 amide bonds. The largest absolute Gasteiger partial charge is 0.493 e. The van der Waals surface area contributed by atoms with Gasteiger partial charge >= 0.3 is 0 Å². The Morgan fingerprint density at radius 1 is 1.00 bits per heavy atom. The molecule has 1 N–H and O–H groups in total. The first-order chi connectivity index (χ1) is 16.0. The number of hydrogen-bond acceptors (Lipinski definition) is 5. The number of halogens is 1. The highest BCUT2D eigenvalue weighted by molar-refractivity contribution is 6.32. The number of nitrogens with zero attached hydrogens (tertiary/aromatic N) is 2. The summed E-state index contributed by atoms with van der Waals surface area (Å²) in [5, 5.41) is 0.884. The molecule has 33 heavy (non-hydrogen) atoms. The summed E-state index contributed by atoms with van der Waals surface area (Å²) in [6.07, 6.45) is 2.88. The summed E-state index contributed by atoms with van der Waals surface area (Å²) >= 11 is 6.15. The molecule has 0 aliphatic carbocycles. The maximum Gasteiger partial charge on any atom is 0.280 e. The second-order valence-electron chi connectivity index (χ2n) is 6.99. The molecule has 1 heterocycles. The van der Waals surface area contributed by atoms with Gasteiger partial charge in [-0.1, -0.05) is 41.9 Å². The van der Waals surface area contributed by atoms with Crippen LogP contribution in [0.15, 0.2) is 77.6 Å². The van der Waals surface area contributed by atoms with Gasteiger partial charge < -0.3 is 9.47 Å². The fourth-order valence-electron chi connectivity index (χ4n) is 3.33. The van der Waals surface area contributed by atoms with E-state index in [4.69, 9.17) is 21.1 Å². The zero-order chi connectivity index (χ0) is 23.4. The molecular formula is C25H20ClN3O4. The lowest BCUT2D eigenvalue weighted by Crippen LogP contribution is -2.34. The van der Waals surface area contributed by atoms with Gasteiger partial charge in [-0.3, -0.25) is 15.0 Å². The van der Waals surface area contributed by atoms with E-state index >= 15 is 0 Å². The molecule has 4 rings (SSSR count). The van der Waals surface area contributed by atoms with Crippen LogP contribution in [-0.2, 0) is 4.79 Å². The molecule has 8 heteroatoms. The molecule has 0 saturated heterocycles. The zero-order valence-electron chi connectivity index (χ0n) is 17.9. The van der Waals surface area contributed by atoms with Crippen LogP contribution in [0.2, 0.25) is 5.02 Å². The summed E-state index contributed by atoms with van der Waals surface area (Å²) in [5.41, 5.74) is 3.96. The molecule has 7 nitrogen and oxygen atoms in total. The van der Waals surface area contributed by atoms with Crippen LogP contribution < -0.4 is 20.5 Å². The Morgan fingerprint density at radius 2 is 1.73 bits per heavy atom. The molecule has 3 aromatic carbocycles. The zero-order valence-corrected chi connectivity index (χ0v) is 18.7. The monoisotopic (exact) mass is 461 g/mol. The number of ether oxygens (including phenoxy) is 2. The predicted molar refractivity (Wildman–Crippen MR) is 129 cm³/mol. The molecule has 0 aliphatic heterocycles. The van der Waals surface area contributed by atoms with Gasteiger partial charge in [0.1, 0.15) is 0 Å². The van der Waals surface area contributed by atoms with E-state index in [1.165, 1.54) is 20.3 Å². The Bertz CT molecular complexity index is 1430. The van der Waals surface area contributed by atoms with Crippen molar-refractivity contribution < 1.29 is 14.3 Å². The Labute approximate surface area is 194 Å². The number of nitrogens with one attached hydrogen (secondary N) is 1. The van der Waals surface area contributed by atoms with Crippen LogP contribution in [0.5, 0.6) is 11.5 Å². The highest BCUT2D eigenvalue weighted by Gasteiger charge is 2.16. The first kappa shape index (κ1) is 22.1. The molecule has 1 aromatic heterocycles. The summed E-state index contributed by atoms with van der Waals surface area (Å²) in [6, 6.07) is 19.2. The lowest BCUT2D eigenvalue weighted by molar-refractivity contribution is -0.112. The van der Waals surface area contributed by atoms with Crippen molar-refractivity contribution in [1.82, 2.24) is 9.66 Å². The molecule has 0 saturated carbocycles. The molecule has 0 bridgehead atoms. The van der Waals surface area contributed by atoms with Crippen LogP contribution in [0.4, 0.5) is 0 Å². The van der Waals surface area contributed by atoms with E-state index < -0.39 is 11.5 Å². The minimum atomic E-state index is -0.518. The number of hydrogen-bond donors (Lipinski definition) is 1. The summed E-state index contributed by atoms with van der Waals surface area (Å²) in [7, 11) is 3.05. The van der Waals surface area contributed by atoms with Crippen molar-refractivity contribution in [3.63, 3.8) is 0 Å². The first-order valence-corrected chi connectivity index (χ1v) is 10.4. The standard InChI is InChI=1S/C25H20ClN3O4/c1-32-21-13-11-17(15-22(21)33-2)24-27-20-10-6-4-8-18(20)25(31)29(24)28-23(30)14-12-16-7-3-5-9-19(16)26/h3-15H,1-2H3,(H,28,30)/b14-12+. The Kier molecular flexibility index (Phi) is 6.42. The highest BCUT2D eigenvalue weighted by Crippen LogP contribution is 2.31. The quantitative estimate of drug-likeness (QED) is 0.427. The van der Waals surface area contributed by atoms with E-state index in [9.17, 15) is 9.59 Å². The van der Waals surface area contributed by atoms with Gasteiger partial charge in [0, 0.05) is 16.7 Å². The number of rotatable bonds is 6. The fraction of sp³-hybridized carbons (Fsp3) is 0.0800. The van der Waals surface area contributed by atoms with Gasteiger partial charge in [-0.25, -0.2) is 4.98 Å². The molecule has 166 valence electrons. The van der Waals surface area contributed by atoms with Crippen molar-refractivity contribution in [3.05, 3.63) is 93.7 Å². The smallest absolute Gasteiger partial charge is 0.280 e. The van der Waals surface area contributed by atoms with Crippen LogP contribution in [0.25, 0.3) is 28.4 Å². The summed E-state index contributed by atoms with van der Waals surface area (Å²) in [6.45, 7) is 0. The Balaban J connectivity index is 1.80. The number of carbonyl (C=O) groups is 1. The predicted octanol–water partition coefficient (Wildman–Crippen LogP) is 4.52. The number of para-hydroxylation sites is 1. The SMILES string of the molecule is COc1ccc(-c2nc3ccccc3c(=O)n2NC(=O)/C=C/c2ccccc2Cl)cc1OC. The van der Waals surface area contributed by atoms with Crippen molar-refractivity contribution >= 4 is 34.5 Å².